The standard InChI is InChI=1S/C10H6BrFN2O3/c11-5-1-2-7(6(12)3-5)14-4-8(15)9(13-14)10(16)17/h1-4,15H,(H,16,17). The molecule has 0 radical (unpaired) electrons. The number of carbonyl (C=O) groups is 1. The van der Waals surface area contributed by atoms with E-state index in [0.29, 0.717) is 4.47 Å². The highest BCUT2D eigenvalue weighted by Crippen LogP contribution is 2.22. The molecule has 0 bridgehead atoms. The SMILES string of the molecule is O=C(O)c1nn(-c2ccc(Br)cc2F)cc1O. The van der Waals surface area contributed by atoms with Crippen LogP contribution in [-0.2, 0) is 0 Å². The molecule has 0 amide bonds. The molecule has 0 saturated carbocycles. The Balaban J connectivity index is 2.53. The number of carboxylic acid groups (broad SMARTS) is 1. The number of hydrogen-bond acceptors (Lipinski definition) is 3. The zero-order chi connectivity index (χ0) is 12.6. The summed E-state index contributed by atoms with van der Waals surface area (Å²) in [6.45, 7) is 0. The Kier molecular flexibility index (Phi) is 2.84. The van der Waals surface area contributed by atoms with E-state index in [0.717, 1.165) is 10.9 Å². The van der Waals surface area contributed by atoms with Crippen molar-refractivity contribution in [1.82, 2.24) is 9.78 Å². The Hall–Kier alpha value is -1.89. The van der Waals surface area contributed by atoms with Crippen LogP contribution in [0.1, 0.15) is 10.5 Å². The fraction of sp³-hybridized carbons (Fsp3) is 0. The summed E-state index contributed by atoms with van der Waals surface area (Å²) < 4.78 is 15.1. The van der Waals surface area contributed by atoms with Gasteiger partial charge >= 0.3 is 5.97 Å². The number of halogens is 2. The van der Waals surface area contributed by atoms with Gasteiger partial charge in [-0.15, -0.1) is 0 Å². The molecule has 17 heavy (non-hydrogen) atoms. The number of benzene rings is 1. The molecular formula is C10H6BrFN2O3. The van der Waals surface area contributed by atoms with Gasteiger partial charge in [-0.05, 0) is 18.2 Å². The van der Waals surface area contributed by atoms with Gasteiger partial charge in [0.2, 0.25) is 5.69 Å². The minimum atomic E-state index is -1.38. The lowest BCUT2D eigenvalue weighted by atomic mass is 10.3. The minimum absolute atomic E-state index is 0.0519. The van der Waals surface area contributed by atoms with E-state index in [1.807, 2.05) is 0 Å². The number of carboxylic acids is 1. The molecule has 0 unspecified atom stereocenters. The van der Waals surface area contributed by atoms with Crippen molar-refractivity contribution >= 4 is 21.9 Å². The Morgan fingerprint density at radius 2 is 2.18 bits per heavy atom. The Morgan fingerprint density at radius 1 is 1.47 bits per heavy atom. The van der Waals surface area contributed by atoms with Crippen LogP contribution >= 0.6 is 15.9 Å². The molecule has 1 aromatic heterocycles. The van der Waals surface area contributed by atoms with Crippen LogP contribution in [0.15, 0.2) is 28.9 Å². The molecule has 2 aromatic rings. The van der Waals surface area contributed by atoms with Gasteiger partial charge in [-0.25, -0.2) is 13.9 Å². The van der Waals surface area contributed by atoms with Gasteiger partial charge in [-0.1, -0.05) is 15.9 Å². The number of rotatable bonds is 2. The highest BCUT2D eigenvalue weighted by molar-refractivity contribution is 9.10. The Labute approximate surface area is 103 Å². The third-order valence-electron chi connectivity index (χ3n) is 2.05. The van der Waals surface area contributed by atoms with Crippen LogP contribution < -0.4 is 0 Å². The largest absolute Gasteiger partial charge is 0.504 e. The molecule has 0 aliphatic heterocycles. The molecule has 0 aliphatic rings. The summed E-state index contributed by atoms with van der Waals surface area (Å²) in [4.78, 5) is 10.7. The number of aromatic carboxylic acids is 1. The second kappa shape index (κ2) is 4.17. The molecule has 1 heterocycles. The summed E-state index contributed by atoms with van der Waals surface area (Å²) in [5.74, 6) is -2.47. The molecule has 2 rings (SSSR count). The average Bonchev–Trinajstić information content (AvgIpc) is 2.60. The van der Waals surface area contributed by atoms with Gasteiger partial charge in [0.25, 0.3) is 0 Å². The van der Waals surface area contributed by atoms with Crippen LogP contribution in [0.25, 0.3) is 5.69 Å². The van der Waals surface area contributed by atoms with Crippen molar-refractivity contribution in [2.24, 2.45) is 0 Å². The van der Waals surface area contributed by atoms with Crippen molar-refractivity contribution in [3.8, 4) is 11.4 Å². The van der Waals surface area contributed by atoms with Crippen LogP contribution in [-0.4, -0.2) is 26.0 Å². The highest BCUT2D eigenvalue weighted by atomic mass is 79.9. The number of aromatic hydroxyl groups is 1. The predicted molar refractivity (Wildman–Crippen MR) is 59.8 cm³/mol. The van der Waals surface area contributed by atoms with Gasteiger partial charge in [0.15, 0.2) is 5.75 Å². The van der Waals surface area contributed by atoms with Crippen molar-refractivity contribution in [2.45, 2.75) is 0 Å². The zero-order valence-electron chi connectivity index (χ0n) is 8.26. The van der Waals surface area contributed by atoms with Gasteiger partial charge in [0.05, 0.1) is 6.20 Å². The Bertz CT molecular complexity index is 597. The fourth-order valence-corrected chi connectivity index (χ4v) is 1.64. The van der Waals surface area contributed by atoms with E-state index < -0.39 is 23.2 Å². The van der Waals surface area contributed by atoms with E-state index in [4.69, 9.17) is 5.11 Å². The van der Waals surface area contributed by atoms with E-state index in [1.54, 1.807) is 6.07 Å². The first-order chi connectivity index (χ1) is 7.99. The predicted octanol–water partition coefficient (Wildman–Crippen LogP) is 2.18. The van der Waals surface area contributed by atoms with Gasteiger partial charge < -0.3 is 10.2 Å². The summed E-state index contributed by atoms with van der Waals surface area (Å²) in [5.41, 5.74) is -0.469. The van der Waals surface area contributed by atoms with Gasteiger partial charge in [0.1, 0.15) is 11.5 Å². The zero-order valence-corrected chi connectivity index (χ0v) is 9.85. The molecule has 0 spiro atoms. The monoisotopic (exact) mass is 300 g/mol. The Morgan fingerprint density at radius 3 is 2.71 bits per heavy atom. The quantitative estimate of drug-likeness (QED) is 0.891. The third kappa shape index (κ3) is 2.14. The van der Waals surface area contributed by atoms with Gasteiger partial charge in [0, 0.05) is 4.47 Å². The maximum absolute atomic E-state index is 13.6. The second-order valence-corrected chi connectivity index (χ2v) is 4.12. The number of nitrogens with zero attached hydrogens (tertiary/aromatic N) is 2. The first-order valence-electron chi connectivity index (χ1n) is 4.46. The van der Waals surface area contributed by atoms with E-state index in [2.05, 4.69) is 21.0 Å². The molecule has 88 valence electrons. The van der Waals surface area contributed by atoms with Gasteiger partial charge in [-0.2, -0.15) is 5.10 Å². The summed E-state index contributed by atoms with van der Waals surface area (Å²) >= 11 is 3.10. The second-order valence-electron chi connectivity index (χ2n) is 3.21. The molecule has 0 saturated heterocycles. The van der Waals surface area contributed by atoms with E-state index in [1.165, 1.54) is 12.1 Å². The smallest absolute Gasteiger partial charge is 0.360 e. The van der Waals surface area contributed by atoms with Crippen LogP contribution in [0.3, 0.4) is 0 Å². The minimum Gasteiger partial charge on any atom is -0.504 e. The lowest BCUT2D eigenvalue weighted by Crippen LogP contribution is -2.02. The summed E-state index contributed by atoms with van der Waals surface area (Å²) in [6.07, 6.45) is 1.04. The average molecular weight is 301 g/mol. The lowest BCUT2D eigenvalue weighted by molar-refractivity contribution is 0.0687. The maximum Gasteiger partial charge on any atom is 0.360 e. The normalized spacial score (nSPS) is 10.5. The molecule has 2 N–H and O–H groups in total. The first kappa shape index (κ1) is 11.6. The number of aromatic nitrogens is 2. The van der Waals surface area contributed by atoms with Crippen LogP contribution in [0, 0.1) is 5.82 Å². The molecule has 5 nitrogen and oxygen atoms in total. The lowest BCUT2D eigenvalue weighted by Gasteiger charge is -2.02. The van der Waals surface area contributed by atoms with Crippen LogP contribution in [0.2, 0.25) is 0 Å². The highest BCUT2D eigenvalue weighted by Gasteiger charge is 2.17. The molecule has 1 aromatic carbocycles. The molecular weight excluding hydrogens is 295 g/mol. The fourth-order valence-electron chi connectivity index (χ4n) is 1.31. The summed E-state index contributed by atoms with van der Waals surface area (Å²) in [7, 11) is 0. The van der Waals surface area contributed by atoms with Crippen molar-refractivity contribution in [3.63, 3.8) is 0 Å². The maximum atomic E-state index is 13.6. The van der Waals surface area contributed by atoms with Gasteiger partial charge in [-0.3, -0.25) is 0 Å². The van der Waals surface area contributed by atoms with Crippen LogP contribution in [0.4, 0.5) is 4.39 Å². The van der Waals surface area contributed by atoms with E-state index in [-0.39, 0.29) is 5.69 Å². The first-order valence-corrected chi connectivity index (χ1v) is 5.25. The van der Waals surface area contributed by atoms with E-state index in [9.17, 15) is 14.3 Å². The van der Waals surface area contributed by atoms with E-state index >= 15 is 0 Å². The van der Waals surface area contributed by atoms with Crippen molar-refractivity contribution in [3.05, 3.63) is 40.4 Å². The van der Waals surface area contributed by atoms with Crippen molar-refractivity contribution in [1.29, 1.82) is 0 Å². The summed E-state index contributed by atoms with van der Waals surface area (Å²) in [5, 5.41) is 21.6. The third-order valence-corrected chi connectivity index (χ3v) is 2.55. The van der Waals surface area contributed by atoms with Crippen molar-refractivity contribution in [2.75, 3.05) is 0 Å². The van der Waals surface area contributed by atoms with Crippen molar-refractivity contribution < 1.29 is 19.4 Å². The summed E-state index contributed by atoms with van der Waals surface area (Å²) in [6, 6.07) is 4.21. The molecule has 0 fully saturated rings. The topological polar surface area (TPSA) is 75.3 Å². The van der Waals surface area contributed by atoms with Crippen LogP contribution in [0.5, 0.6) is 5.75 Å². The number of hydrogen-bond donors (Lipinski definition) is 2. The molecule has 0 atom stereocenters. The molecule has 7 heteroatoms. The molecule has 0 aliphatic carbocycles.